The minimum atomic E-state index is -3.03. The summed E-state index contributed by atoms with van der Waals surface area (Å²) in [5.74, 6) is 1.86. The molecule has 0 amide bonds. The summed E-state index contributed by atoms with van der Waals surface area (Å²) in [6, 6.07) is 0.513. The smallest absolute Gasteiger partial charge is 0.211 e. The summed E-state index contributed by atoms with van der Waals surface area (Å²) in [6.45, 7) is 11.4. The van der Waals surface area contributed by atoms with Crippen molar-refractivity contribution >= 4 is 10.0 Å². The van der Waals surface area contributed by atoms with Crippen LogP contribution in [0.1, 0.15) is 53.4 Å². The van der Waals surface area contributed by atoms with Gasteiger partial charge in [0.15, 0.2) is 0 Å². The molecule has 1 heterocycles. The van der Waals surface area contributed by atoms with Crippen LogP contribution in [0.5, 0.6) is 0 Å². The van der Waals surface area contributed by atoms with Crippen LogP contribution in [0, 0.1) is 17.8 Å². The number of rotatable bonds is 8. The van der Waals surface area contributed by atoms with E-state index in [0.29, 0.717) is 30.3 Å². The van der Waals surface area contributed by atoms with Gasteiger partial charge in [0.2, 0.25) is 10.0 Å². The Kier molecular flexibility index (Phi) is 7.65. The molecule has 0 aromatic rings. The van der Waals surface area contributed by atoms with Gasteiger partial charge in [-0.25, -0.2) is 12.7 Å². The van der Waals surface area contributed by atoms with Crippen molar-refractivity contribution in [3.8, 4) is 0 Å². The van der Waals surface area contributed by atoms with E-state index in [2.05, 4.69) is 33.0 Å². The topological polar surface area (TPSA) is 49.4 Å². The van der Waals surface area contributed by atoms with Gasteiger partial charge in [-0.3, -0.25) is 0 Å². The first kappa shape index (κ1) is 18.9. The maximum atomic E-state index is 11.7. The van der Waals surface area contributed by atoms with Gasteiger partial charge in [-0.15, -0.1) is 0 Å². The van der Waals surface area contributed by atoms with Crippen molar-refractivity contribution in [1.29, 1.82) is 0 Å². The van der Waals surface area contributed by atoms with Crippen LogP contribution in [0.2, 0.25) is 0 Å². The van der Waals surface area contributed by atoms with Gasteiger partial charge in [0.1, 0.15) is 0 Å². The molecule has 2 atom stereocenters. The van der Waals surface area contributed by atoms with Crippen molar-refractivity contribution in [3.63, 3.8) is 0 Å². The van der Waals surface area contributed by atoms with Crippen molar-refractivity contribution in [1.82, 2.24) is 9.62 Å². The zero-order valence-corrected chi connectivity index (χ0v) is 15.2. The van der Waals surface area contributed by atoms with Gasteiger partial charge >= 0.3 is 0 Å². The second-order valence-electron chi connectivity index (χ2n) is 7.42. The molecular formula is C16H34N2O2S. The second kappa shape index (κ2) is 8.49. The van der Waals surface area contributed by atoms with Crippen molar-refractivity contribution < 1.29 is 8.42 Å². The molecule has 0 aliphatic carbocycles. The molecule has 126 valence electrons. The molecule has 1 fully saturated rings. The van der Waals surface area contributed by atoms with Crippen molar-refractivity contribution in [2.24, 2.45) is 17.8 Å². The molecule has 5 heteroatoms. The lowest BCUT2D eigenvalue weighted by atomic mass is 9.84. The molecule has 0 bridgehead atoms. The van der Waals surface area contributed by atoms with E-state index in [-0.39, 0.29) is 0 Å². The normalized spacial score (nSPS) is 22.9. The molecule has 4 nitrogen and oxygen atoms in total. The molecule has 0 radical (unpaired) electrons. The van der Waals surface area contributed by atoms with Gasteiger partial charge in [0, 0.05) is 19.1 Å². The summed E-state index contributed by atoms with van der Waals surface area (Å²) in [6.07, 6.45) is 5.87. The summed E-state index contributed by atoms with van der Waals surface area (Å²) >= 11 is 0. The Bertz CT molecular complexity index is 393. The maximum absolute atomic E-state index is 11.7. The van der Waals surface area contributed by atoms with E-state index in [1.54, 1.807) is 4.31 Å². The molecule has 0 aromatic heterocycles. The Morgan fingerprint density at radius 3 is 2.43 bits per heavy atom. The minimum Gasteiger partial charge on any atom is -0.314 e. The van der Waals surface area contributed by atoms with Gasteiger partial charge < -0.3 is 5.32 Å². The standard InChI is InChI=1S/C16H34N2O2S/c1-13(2)9-16(11-17-14(3)4)10-15-7-6-8-18(12-15)21(5,19)20/h13-17H,6-12H2,1-5H3. The average molecular weight is 319 g/mol. The van der Waals surface area contributed by atoms with Crippen LogP contribution in [0.4, 0.5) is 0 Å². The molecule has 1 N–H and O–H groups in total. The predicted octanol–water partition coefficient (Wildman–Crippen LogP) is 2.71. The minimum absolute atomic E-state index is 0.513. The lowest BCUT2D eigenvalue weighted by molar-refractivity contribution is 0.215. The van der Waals surface area contributed by atoms with Crippen molar-refractivity contribution in [3.05, 3.63) is 0 Å². The first-order valence-electron chi connectivity index (χ1n) is 8.37. The number of piperidine rings is 1. The highest BCUT2D eigenvalue weighted by atomic mass is 32.2. The van der Waals surface area contributed by atoms with E-state index >= 15 is 0 Å². The van der Waals surface area contributed by atoms with Crippen LogP contribution in [0.25, 0.3) is 0 Å². The van der Waals surface area contributed by atoms with E-state index in [9.17, 15) is 8.42 Å². The second-order valence-corrected chi connectivity index (χ2v) is 9.41. The van der Waals surface area contributed by atoms with Crippen molar-refractivity contribution in [2.75, 3.05) is 25.9 Å². The Morgan fingerprint density at radius 1 is 1.24 bits per heavy atom. The lowest BCUT2D eigenvalue weighted by Gasteiger charge is -2.33. The zero-order chi connectivity index (χ0) is 16.0. The highest BCUT2D eigenvalue weighted by Gasteiger charge is 2.27. The third kappa shape index (κ3) is 7.61. The number of sulfonamides is 1. The monoisotopic (exact) mass is 318 g/mol. The van der Waals surface area contributed by atoms with E-state index in [1.165, 1.54) is 19.1 Å². The third-order valence-corrected chi connectivity index (χ3v) is 5.51. The van der Waals surface area contributed by atoms with Gasteiger partial charge in [0.25, 0.3) is 0 Å². The molecule has 0 spiro atoms. The van der Waals surface area contributed by atoms with Crippen LogP contribution in [0.15, 0.2) is 0 Å². The van der Waals surface area contributed by atoms with Gasteiger partial charge in [-0.05, 0) is 50.0 Å². The number of nitrogens with zero attached hydrogens (tertiary/aromatic N) is 1. The predicted molar refractivity (Wildman–Crippen MR) is 89.8 cm³/mol. The number of hydrogen-bond donors (Lipinski definition) is 1. The first-order valence-corrected chi connectivity index (χ1v) is 10.2. The lowest BCUT2D eigenvalue weighted by Crippen LogP contribution is -2.40. The molecule has 1 saturated heterocycles. The van der Waals surface area contributed by atoms with Crippen LogP contribution in [0.3, 0.4) is 0 Å². The number of nitrogens with one attached hydrogen (secondary N) is 1. The Morgan fingerprint density at radius 2 is 1.90 bits per heavy atom. The highest BCUT2D eigenvalue weighted by Crippen LogP contribution is 2.27. The van der Waals surface area contributed by atoms with E-state index < -0.39 is 10.0 Å². The largest absolute Gasteiger partial charge is 0.314 e. The maximum Gasteiger partial charge on any atom is 0.211 e. The Balaban J connectivity index is 2.56. The molecule has 1 aliphatic heterocycles. The average Bonchev–Trinajstić information content (AvgIpc) is 2.34. The summed E-state index contributed by atoms with van der Waals surface area (Å²) in [5.41, 5.74) is 0. The van der Waals surface area contributed by atoms with Gasteiger partial charge in [-0.1, -0.05) is 27.7 Å². The quantitative estimate of drug-likeness (QED) is 0.748. The Hall–Kier alpha value is -0.130. The van der Waals surface area contributed by atoms with E-state index in [1.807, 2.05) is 0 Å². The molecule has 0 aromatic carbocycles. The summed E-state index contributed by atoms with van der Waals surface area (Å²) in [7, 11) is -3.03. The first-order chi connectivity index (χ1) is 9.68. The third-order valence-electron chi connectivity index (χ3n) is 4.24. The molecule has 0 saturated carbocycles. The van der Waals surface area contributed by atoms with E-state index in [4.69, 9.17) is 0 Å². The molecule has 2 unspecified atom stereocenters. The van der Waals surface area contributed by atoms with Crippen LogP contribution in [-0.4, -0.2) is 44.7 Å². The van der Waals surface area contributed by atoms with Crippen LogP contribution >= 0.6 is 0 Å². The molecule has 1 rings (SSSR count). The van der Waals surface area contributed by atoms with Gasteiger partial charge in [-0.2, -0.15) is 0 Å². The number of hydrogen-bond acceptors (Lipinski definition) is 3. The molecule has 21 heavy (non-hydrogen) atoms. The zero-order valence-electron chi connectivity index (χ0n) is 14.4. The van der Waals surface area contributed by atoms with Crippen LogP contribution < -0.4 is 5.32 Å². The fraction of sp³-hybridized carbons (Fsp3) is 1.00. The highest BCUT2D eigenvalue weighted by molar-refractivity contribution is 7.88. The fourth-order valence-electron chi connectivity index (χ4n) is 3.32. The summed E-state index contributed by atoms with van der Waals surface area (Å²) < 4.78 is 25.1. The molecular weight excluding hydrogens is 284 g/mol. The summed E-state index contributed by atoms with van der Waals surface area (Å²) in [5, 5.41) is 3.55. The fourth-order valence-corrected chi connectivity index (χ4v) is 4.27. The Labute approximate surface area is 131 Å². The molecule has 1 aliphatic rings. The SMILES string of the molecule is CC(C)CC(CNC(C)C)CC1CCCN(S(C)(=O)=O)C1. The van der Waals surface area contributed by atoms with Crippen LogP contribution in [-0.2, 0) is 10.0 Å². The van der Waals surface area contributed by atoms with Gasteiger partial charge in [0.05, 0.1) is 6.26 Å². The van der Waals surface area contributed by atoms with Crippen molar-refractivity contribution in [2.45, 2.75) is 59.4 Å². The summed E-state index contributed by atoms with van der Waals surface area (Å²) in [4.78, 5) is 0. The van der Waals surface area contributed by atoms with E-state index in [0.717, 1.165) is 25.9 Å².